The second kappa shape index (κ2) is 10.3. The minimum Gasteiger partial charge on any atom is -0.543 e. The molecule has 234 valence electrons. The average Bonchev–Trinajstić information content (AvgIpc) is 2.94. The number of likely N-dealkylation sites (N-methyl/N-ethyl adjacent to an activating group) is 1. The molecule has 0 aliphatic carbocycles. The second-order valence-electron chi connectivity index (χ2n) is 13.2. The summed E-state index contributed by atoms with van der Waals surface area (Å²) in [5.74, 6) is 1.43. The summed E-state index contributed by atoms with van der Waals surface area (Å²) in [4.78, 5) is 17.8. The maximum absolute atomic E-state index is 14.3. The molecule has 2 aromatic carbocycles. The molecule has 0 radical (unpaired) electrons. The Bertz CT molecular complexity index is 1540. The smallest absolute Gasteiger partial charge is 0.250 e. The van der Waals surface area contributed by atoms with Gasteiger partial charge in [0, 0.05) is 45.5 Å². The van der Waals surface area contributed by atoms with Crippen LogP contribution in [0.4, 0.5) is 0 Å². The van der Waals surface area contributed by atoms with E-state index in [1.54, 1.807) is 26.0 Å². The van der Waals surface area contributed by atoms with Crippen molar-refractivity contribution in [1.82, 2.24) is 9.80 Å². The van der Waals surface area contributed by atoms with Gasteiger partial charge in [-0.05, 0) is 45.1 Å². The summed E-state index contributed by atoms with van der Waals surface area (Å²) in [6.45, 7) is 14.0. The lowest BCUT2D eigenvalue weighted by Gasteiger charge is -2.53. The van der Waals surface area contributed by atoms with E-state index in [-0.39, 0.29) is 41.2 Å². The van der Waals surface area contributed by atoms with Crippen LogP contribution >= 0.6 is 0 Å². The zero-order valence-corrected chi connectivity index (χ0v) is 28.0. The highest BCUT2D eigenvalue weighted by molar-refractivity contribution is 6.74. The number of hydrogen-bond donors (Lipinski definition) is 3. The van der Waals surface area contributed by atoms with Crippen LogP contribution in [0.2, 0.25) is 18.1 Å². The van der Waals surface area contributed by atoms with Crippen molar-refractivity contribution >= 4 is 20.3 Å². The van der Waals surface area contributed by atoms with Crippen LogP contribution < -0.4 is 18.6 Å². The lowest BCUT2D eigenvalue weighted by molar-refractivity contribution is -0.144. The van der Waals surface area contributed by atoms with Crippen molar-refractivity contribution in [3.63, 3.8) is 0 Å². The van der Waals surface area contributed by atoms with Crippen molar-refractivity contribution < 1.29 is 38.8 Å². The molecule has 3 heterocycles. The number of aliphatic hydroxyl groups excluding tert-OH is 1. The third-order valence-electron chi connectivity index (χ3n) is 9.98. The number of phenolic OH excluding ortho intramolecular Hbond substituents is 2. The fraction of sp³-hybridized carbons (Fsp3) is 0.531. The third kappa shape index (κ3) is 4.22. The van der Waals surface area contributed by atoms with E-state index in [1.807, 2.05) is 24.9 Å². The number of carbonyl (C=O) groups is 1. The number of piperazine rings is 1. The molecule has 0 unspecified atom stereocenters. The van der Waals surface area contributed by atoms with Gasteiger partial charge in [0.1, 0.15) is 11.5 Å². The Morgan fingerprint density at radius 3 is 2.07 bits per heavy atom. The Morgan fingerprint density at radius 2 is 1.53 bits per heavy atom. The number of fused-ring (bicyclic) bond motifs is 7. The van der Waals surface area contributed by atoms with E-state index < -0.39 is 26.4 Å². The van der Waals surface area contributed by atoms with Crippen molar-refractivity contribution in [3.05, 3.63) is 39.1 Å². The van der Waals surface area contributed by atoms with Crippen molar-refractivity contribution in [3.8, 4) is 34.5 Å². The van der Waals surface area contributed by atoms with Gasteiger partial charge >= 0.3 is 0 Å². The number of ether oxygens (including phenoxy) is 3. The maximum Gasteiger partial charge on any atom is 0.250 e. The number of aromatic hydroxyl groups is 2. The van der Waals surface area contributed by atoms with Crippen LogP contribution in [0, 0.1) is 13.8 Å². The molecule has 2 bridgehead atoms. The summed E-state index contributed by atoms with van der Waals surface area (Å²) in [5, 5.41) is 33.6. The van der Waals surface area contributed by atoms with Gasteiger partial charge in [0.15, 0.2) is 23.0 Å². The molecule has 1 amide bonds. The predicted molar refractivity (Wildman–Crippen MR) is 166 cm³/mol. The number of rotatable bonds is 6. The van der Waals surface area contributed by atoms with Crippen LogP contribution in [0.3, 0.4) is 0 Å². The Hall–Kier alpha value is -3.41. The van der Waals surface area contributed by atoms with Gasteiger partial charge in [-0.3, -0.25) is 9.69 Å². The lowest BCUT2D eigenvalue weighted by Crippen LogP contribution is -2.60. The van der Waals surface area contributed by atoms with Gasteiger partial charge in [-0.15, -0.1) is 0 Å². The second-order valence-corrected chi connectivity index (χ2v) is 17.9. The van der Waals surface area contributed by atoms with Crippen LogP contribution in [0.5, 0.6) is 34.5 Å². The quantitative estimate of drug-likeness (QED) is 0.307. The Labute approximate surface area is 254 Å². The van der Waals surface area contributed by atoms with Crippen LogP contribution in [-0.4, -0.2) is 80.4 Å². The summed E-state index contributed by atoms with van der Waals surface area (Å²) in [7, 11) is 4.02. The minimum absolute atomic E-state index is 0.00807. The largest absolute Gasteiger partial charge is 0.543 e. The van der Waals surface area contributed by atoms with E-state index in [4.69, 9.17) is 18.6 Å². The maximum atomic E-state index is 14.3. The molecule has 5 rings (SSSR count). The highest BCUT2D eigenvalue weighted by Gasteiger charge is 2.54. The molecule has 1 saturated heterocycles. The first-order valence-corrected chi connectivity index (χ1v) is 17.4. The molecule has 10 nitrogen and oxygen atoms in total. The number of hydrogen-bond acceptors (Lipinski definition) is 9. The lowest BCUT2D eigenvalue weighted by atomic mass is 9.77. The molecule has 0 saturated carbocycles. The highest BCUT2D eigenvalue weighted by atomic mass is 28.4. The number of benzene rings is 2. The molecule has 1 fully saturated rings. The third-order valence-corrected chi connectivity index (χ3v) is 14.3. The van der Waals surface area contributed by atoms with Crippen molar-refractivity contribution in [2.24, 2.45) is 0 Å². The summed E-state index contributed by atoms with van der Waals surface area (Å²) >= 11 is 0. The SMILES string of the molecule is COc1c(C)c(O)c2c(c1O)[C@@H]1C3=Cc4c(O[Si](C)(C)C(C)(C)C)c(C)c(OC)c(OC)c4[C@H](CO)N3C(=O)[C@H](C2)N1C. The molecular weight excluding hydrogens is 568 g/mol. The molecule has 3 aliphatic rings. The molecule has 2 aromatic rings. The summed E-state index contributed by atoms with van der Waals surface area (Å²) in [6.07, 6.45) is 2.10. The van der Waals surface area contributed by atoms with Crippen LogP contribution in [0.25, 0.3) is 6.08 Å². The fourth-order valence-corrected chi connectivity index (χ4v) is 7.73. The predicted octanol–water partition coefficient (Wildman–Crippen LogP) is 4.95. The molecule has 0 aromatic heterocycles. The van der Waals surface area contributed by atoms with Crippen molar-refractivity contribution in [2.45, 2.75) is 77.3 Å². The molecule has 3 atom stereocenters. The Kier molecular flexibility index (Phi) is 7.47. The van der Waals surface area contributed by atoms with E-state index in [0.29, 0.717) is 50.8 Å². The van der Waals surface area contributed by atoms with E-state index in [0.717, 1.165) is 5.56 Å². The zero-order valence-electron chi connectivity index (χ0n) is 27.0. The molecule has 43 heavy (non-hydrogen) atoms. The molecule has 11 heteroatoms. The van der Waals surface area contributed by atoms with Gasteiger partial charge < -0.3 is 38.9 Å². The van der Waals surface area contributed by atoms with Gasteiger partial charge in [-0.2, -0.15) is 0 Å². The molecule has 3 aliphatic heterocycles. The van der Waals surface area contributed by atoms with Gasteiger partial charge in [0.05, 0.1) is 46.1 Å². The molecular formula is C32H44N2O8Si. The van der Waals surface area contributed by atoms with Crippen LogP contribution in [0.15, 0.2) is 5.70 Å². The minimum atomic E-state index is -2.39. The van der Waals surface area contributed by atoms with Crippen LogP contribution in [-0.2, 0) is 11.2 Å². The topological polar surface area (TPSA) is 121 Å². The number of phenols is 2. The normalized spacial score (nSPS) is 21.5. The van der Waals surface area contributed by atoms with E-state index in [1.165, 1.54) is 7.11 Å². The fourth-order valence-electron chi connectivity index (χ4n) is 6.65. The number of methoxy groups -OCH3 is 3. The van der Waals surface area contributed by atoms with Crippen molar-refractivity contribution in [1.29, 1.82) is 0 Å². The van der Waals surface area contributed by atoms with E-state index in [2.05, 4.69) is 33.9 Å². The van der Waals surface area contributed by atoms with Crippen LogP contribution in [0.1, 0.15) is 66.2 Å². The van der Waals surface area contributed by atoms with Gasteiger partial charge in [0.25, 0.3) is 8.32 Å². The summed E-state index contributed by atoms with van der Waals surface area (Å²) < 4.78 is 24.3. The van der Waals surface area contributed by atoms with E-state index >= 15 is 0 Å². The van der Waals surface area contributed by atoms with Crippen molar-refractivity contribution in [2.75, 3.05) is 35.0 Å². The zero-order chi connectivity index (χ0) is 31.9. The first kappa shape index (κ1) is 31.0. The number of nitrogens with zero attached hydrogens (tertiary/aromatic N) is 2. The Morgan fingerprint density at radius 1 is 0.930 bits per heavy atom. The van der Waals surface area contributed by atoms with E-state index in [9.17, 15) is 20.1 Å². The molecule has 3 N–H and O–H groups in total. The number of carbonyl (C=O) groups excluding carboxylic acids is 1. The monoisotopic (exact) mass is 612 g/mol. The number of aliphatic hydroxyl groups is 1. The molecule has 0 spiro atoms. The van der Waals surface area contributed by atoms with Gasteiger partial charge in [-0.1, -0.05) is 20.8 Å². The summed E-state index contributed by atoms with van der Waals surface area (Å²) in [5.41, 5.74) is 4.02. The van der Waals surface area contributed by atoms with Gasteiger partial charge in [-0.25, -0.2) is 0 Å². The standard InChI is InChI=1S/C32H44N2O8Si/c1-15-25(36)17-12-20-31(38)34-19(24(33(20)6)23(17)26(37)28(15)39-7)13-18-22(21(34)14-35)30(41-9)29(40-8)16(2)27(18)42-43(10,11)32(3,4)5/h13,20-21,24,35-37H,12,14H2,1-11H3/t20-,21-,24-/m0/s1. The Balaban J connectivity index is 1.89. The number of amides is 1. The highest BCUT2D eigenvalue weighted by Crippen LogP contribution is 2.59. The first-order valence-electron chi connectivity index (χ1n) is 14.5. The van der Waals surface area contributed by atoms with Gasteiger partial charge in [0.2, 0.25) is 5.91 Å². The first-order chi connectivity index (χ1) is 20.1. The summed E-state index contributed by atoms with van der Waals surface area (Å²) in [6, 6.07) is -2.06. The average molecular weight is 613 g/mol.